The number of imidazole rings is 1. The summed E-state index contributed by atoms with van der Waals surface area (Å²) in [6.45, 7) is 0. The molecule has 0 aliphatic heterocycles. The van der Waals surface area contributed by atoms with E-state index < -0.39 is 0 Å². The molecule has 20 heavy (non-hydrogen) atoms. The number of rotatable bonds is 2. The molecule has 0 atom stereocenters. The van der Waals surface area contributed by atoms with Gasteiger partial charge in [-0.25, -0.2) is 4.98 Å². The van der Waals surface area contributed by atoms with E-state index in [1.807, 2.05) is 0 Å². The number of aromatic hydroxyl groups is 1. The number of hydrogen-bond donors (Lipinski definition) is 3. The minimum absolute atomic E-state index is 0.0485. The van der Waals surface area contributed by atoms with E-state index in [0.717, 1.165) is 25.7 Å². The Kier molecular flexibility index (Phi) is 3.31. The molecule has 1 aliphatic carbocycles. The van der Waals surface area contributed by atoms with E-state index >= 15 is 0 Å². The average Bonchev–Trinajstić information content (AvgIpc) is 2.87. The Hall–Kier alpha value is -2.08. The van der Waals surface area contributed by atoms with E-state index in [0.29, 0.717) is 5.65 Å². The lowest BCUT2D eigenvalue weighted by atomic mass is 9.93. The highest BCUT2D eigenvalue weighted by molar-refractivity contribution is 5.93. The Morgan fingerprint density at radius 2 is 2.10 bits per heavy atom. The summed E-state index contributed by atoms with van der Waals surface area (Å²) < 4.78 is 1.62. The molecule has 1 aliphatic rings. The zero-order valence-corrected chi connectivity index (χ0v) is 11.0. The molecule has 0 spiro atoms. The van der Waals surface area contributed by atoms with Gasteiger partial charge >= 0.3 is 0 Å². The van der Waals surface area contributed by atoms with Crippen LogP contribution < -0.4 is 5.32 Å². The molecule has 2 aromatic rings. The number of aliphatic hydroxyl groups is 1. The summed E-state index contributed by atoms with van der Waals surface area (Å²) >= 11 is 0. The predicted molar refractivity (Wildman–Crippen MR) is 72.6 cm³/mol. The molecule has 2 aromatic heterocycles. The van der Waals surface area contributed by atoms with Crippen LogP contribution in [0.15, 0.2) is 24.5 Å². The summed E-state index contributed by atoms with van der Waals surface area (Å²) in [5, 5.41) is 22.1. The molecular weight excluding hydrogens is 258 g/mol. The summed E-state index contributed by atoms with van der Waals surface area (Å²) in [6, 6.07) is 3.31. The van der Waals surface area contributed by atoms with Crippen molar-refractivity contribution < 1.29 is 15.0 Å². The Balaban J connectivity index is 1.74. The molecule has 0 aromatic carbocycles. The summed E-state index contributed by atoms with van der Waals surface area (Å²) in [7, 11) is 0. The number of nitrogens with zero attached hydrogens (tertiary/aromatic N) is 2. The lowest BCUT2D eigenvalue weighted by molar-refractivity contribution is 0.0864. The smallest absolute Gasteiger partial charge is 0.271 e. The number of aliphatic hydroxyl groups excluding tert-OH is 1. The quantitative estimate of drug-likeness (QED) is 0.765. The van der Waals surface area contributed by atoms with Gasteiger partial charge < -0.3 is 19.9 Å². The Morgan fingerprint density at radius 3 is 2.80 bits per heavy atom. The topological polar surface area (TPSA) is 86.9 Å². The van der Waals surface area contributed by atoms with Crippen LogP contribution in [0.3, 0.4) is 0 Å². The number of pyridine rings is 1. The highest BCUT2D eigenvalue weighted by Crippen LogP contribution is 2.20. The van der Waals surface area contributed by atoms with E-state index in [4.69, 9.17) is 0 Å². The largest absolute Gasteiger partial charge is 0.504 e. The maximum Gasteiger partial charge on any atom is 0.271 e. The number of amides is 1. The maximum atomic E-state index is 12.1. The number of fused-ring (bicyclic) bond motifs is 1. The van der Waals surface area contributed by atoms with Crippen LogP contribution in [0.2, 0.25) is 0 Å². The van der Waals surface area contributed by atoms with Gasteiger partial charge in [0.25, 0.3) is 5.91 Å². The average molecular weight is 275 g/mol. The van der Waals surface area contributed by atoms with Crippen LogP contribution in [0, 0.1) is 0 Å². The highest BCUT2D eigenvalue weighted by Gasteiger charge is 2.22. The summed E-state index contributed by atoms with van der Waals surface area (Å²) in [5.41, 5.74) is 0.661. The van der Waals surface area contributed by atoms with Crippen molar-refractivity contribution in [2.45, 2.75) is 37.8 Å². The second-order valence-electron chi connectivity index (χ2n) is 5.23. The summed E-state index contributed by atoms with van der Waals surface area (Å²) in [4.78, 5) is 16.3. The molecule has 2 heterocycles. The van der Waals surface area contributed by atoms with Crippen molar-refractivity contribution in [3.63, 3.8) is 0 Å². The van der Waals surface area contributed by atoms with Crippen molar-refractivity contribution in [3.05, 3.63) is 30.2 Å². The summed E-state index contributed by atoms with van der Waals surface area (Å²) in [5.74, 6) is -0.193. The molecule has 3 N–H and O–H groups in total. The molecule has 0 unspecified atom stereocenters. The van der Waals surface area contributed by atoms with Gasteiger partial charge in [-0.1, -0.05) is 0 Å². The standard InChI is InChI=1S/C14H17N3O3/c18-10-5-3-9(4-6-10)15-14(20)11-8-17-7-1-2-12(19)13(17)16-11/h1-2,7-10,18-19H,3-6H2,(H,15,20). The monoisotopic (exact) mass is 275 g/mol. The zero-order valence-electron chi connectivity index (χ0n) is 11.0. The first-order valence-electron chi connectivity index (χ1n) is 6.79. The van der Waals surface area contributed by atoms with Crippen LogP contribution in [-0.4, -0.2) is 37.7 Å². The van der Waals surface area contributed by atoms with Crippen molar-refractivity contribution >= 4 is 11.6 Å². The van der Waals surface area contributed by atoms with E-state index in [9.17, 15) is 15.0 Å². The van der Waals surface area contributed by atoms with Gasteiger partial charge in [0.15, 0.2) is 11.4 Å². The third-order valence-electron chi connectivity index (χ3n) is 3.73. The van der Waals surface area contributed by atoms with Gasteiger partial charge in [-0.15, -0.1) is 0 Å². The van der Waals surface area contributed by atoms with Crippen LogP contribution in [-0.2, 0) is 0 Å². The molecular formula is C14H17N3O3. The first-order valence-corrected chi connectivity index (χ1v) is 6.79. The zero-order chi connectivity index (χ0) is 14.1. The second kappa shape index (κ2) is 5.13. The van der Waals surface area contributed by atoms with Crippen LogP contribution >= 0.6 is 0 Å². The van der Waals surface area contributed by atoms with Crippen molar-refractivity contribution in [1.29, 1.82) is 0 Å². The number of aromatic nitrogens is 2. The van der Waals surface area contributed by atoms with Crippen LogP contribution in [0.25, 0.3) is 5.65 Å². The Morgan fingerprint density at radius 1 is 1.35 bits per heavy atom. The Bertz CT molecular complexity index is 630. The molecule has 6 nitrogen and oxygen atoms in total. The SMILES string of the molecule is O=C(NC1CCC(O)CC1)c1cn2cccc(O)c2n1. The first kappa shape index (κ1) is 12.9. The third-order valence-corrected chi connectivity index (χ3v) is 3.73. The maximum absolute atomic E-state index is 12.1. The summed E-state index contributed by atoms with van der Waals surface area (Å²) in [6.07, 6.45) is 6.10. The molecule has 1 fully saturated rings. The van der Waals surface area contributed by atoms with Crippen molar-refractivity contribution in [1.82, 2.24) is 14.7 Å². The first-order chi connectivity index (χ1) is 9.63. The predicted octanol–water partition coefficient (Wildman–Crippen LogP) is 1.07. The molecule has 3 rings (SSSR count). The van der Waals surface area contributed by atoms with Crippen LogP contribution in [0.5, 0.6) is 5.75 Å². The lowest BCUT2D eigenvalue weighted by Crippen LogP contribution is -2.38. The molecule has 6 heteroatoms. The van der Waals surface area contributed by atoms with Gasteiger partial charge in [-0.05, 0) is 37.8 Å². The van der Waals surface area contributed by atoms with E-state index in [-0.39, 0.29) is 29.5 Å². The van der Waals surface area contributed by atoms with Crippen molar-refractivity contribution in [3.8, 4) is 5.75 Å². The number of carbonyl (C=O) groups excluding carboxylic acids is 1. The van der Waals surface area contributed by atoms with Crippen LogP contribution in [0.4, 0.5) is 0 Å². The second-order valence-corrected chi connectivity index (χ2v) is 5.23. The molecule has 0 bridgehead atoms. The van der Waals surface area contributed by atoms with Gasteiger partial charge in [0.2, 0.25) is 0 Å². The number of hydrogen-bond acceptors (Lipinski definition) is 4. The molecule has 0 radical (unpaired) electrons. The van der Waals surface area contributed by atoms with Gasteiger partial charge in [0.1, 0.15) is 5.69 Å². The van der Waals surface area contributed by atoms with Crippen LogP contribution in [0.1, 0.15) is 36.2 Å². The highest BCUT2D eigenvalue weighted by atomic mass is 16.3. The van der Waals surface area contributed by atoms with Gasteiger partial charge in [-0.2, -0.15) is 0 Å². The number of carbonyl (C=O) groups is 1. The Labute approximate surface area is 116 Å². The minimum atomic E-state index is -0.241. The normalized spacial score (nSPS) is 22.9. The molecule has 1 amide bonds. The fourth-order valence-electron chi connectivity index (χ4n) is 2.59. The molecule has 106 valence electrons. The molecule has 1 saturated carbocycles. The third kappa shape index (κ3) is 2.46. The van der Waals surface area contributed by atoms with Gasteiger partial charge in [-0.3, -0.25) is 4.79 Å². The fourth-order valence-corrected chi connectivity index (χ4v) is 2.59. The van der Waals surface area contributed by atoms with Crippen molar-refractivity contribution in [2.75, 3.05) is 0 Å². The fraction of sp³-hybridized carbons (Fsp3) is 0.429. The van der Waals surface area contributed by atoms with Gasteiger partial charge in [0.05, 0.1) is 6.10 Å². The van der Waals surface area contributed by atoms with E-state index in [2.05, 4.69) is 10.3 Å². The minimum Gasteiger partial charge on any atom is -0.504 e. The molecule has 0 saturated heterocycles. The van der Waals surface area contributed by atoms with Gasteiger partial charge in [0, 0.05) is 18.4 Å². The lowest BCUT2D eigenvalue weighted by Gasteiger charge is -2.25. The number of nitrogens with one attached hydrogen (secondary N) is 1. The van der Waals surface area contributed by atoms with E-state index in [1.54, 1.807) is 22.9 Å². The van der Waals surface area contributed by atoms with E-state index in [1.165, 1.54) is 6.07 Å². The van der Waals surface area contributed by atoms with Crippen molar-refractivity contribution in [2.24, 2.45) is 0 Å².